The zero-order valence-electron chi connectivity index (χ0n) is 8.16. The molecule has 2 aliphatic carbocycles. The first kappa shape index (κ1) is 8.27. The summed E-state index contributed by atoms with van der Waals surface area (Å²) in [5.74, 6) is 0.0335. The first-order valence-corrected chi connectivity index (χ1v) is 5.26. The number of carbonyl (C=O) groups excluding carboxylic acids is 1. The Kier molecular flexibility index (Phi) is 1.48. The average molecular weight is 190 g/mol. The number of rotatable bonds is 0. The lowest BCUT2D eigenvalue weighted by molar-refractivity contribution is -0.147. The first-order valence-electron chi connectivity index (χ1n) is 5.26. The Bertz CT molecular complexity index is 320. The minimum Gasteiger partial charge on any atom is -0.465 e. The maximum absolute atomic E-state index is 11.9. The van der Waals surface area contributed by atoms with Crippen LogP contribution < -0.4 is 0 Å². The number of allylic oxidation sites excluding steroid dienone is 4. The molecule has 1 heterocycles. The van der Waals surface area contributed by atoms with Crippen molar-refractivity contribution in [3.8, 4) is 0 Å². The predicted octanol–water partition coefficient (Wildman–Crippen LogP) is 2.22. The van der Waals surface area contributed by atoms with Gasteiger partial charge < -0.3 is 4.74 Å². The molecule has 1 saturated heterocycles. The molecule has 0 aromatic heterocycles. The Hall–Kier alpha value is -1.05. The molecule has 0 unspecified atom stereocenters. The van der Waals surface area contributed by atoms with Crippen LogP contribution >= 0.6 is 0 Å². The lowest BCUT2D eigenvalue weighted by Gasteiger charge is -2.44. The molecule has 3 aliphatic rings. The van der Waals surface area contributed by atoms with Crippen LogP contribution in [0, 0.1) is 10.8 Å². The number of cyclic esters (lactones) is 1. The quantitative estimate of drug-likeness (QED) is 0.432. The molecular formula is C12H14O2. The SMILES string of the molecule is O=C1OCC23CC=CCC12CC=CC3. The van der Waals surface area contributed by atoms with Crippen LogP contribution in [0.3, 0.4) is 0 Å². The summed E-state index contributed by atoms with van der Waals surface area (Å²) in [6, 6.07) is 0. The molecule has 0 atom stereocenters. The van der Waals surface area contributed by atoms with E-state index < -0.39 is 0 Å². The van der Waals surface area contributed by atoms with Crippen molar-refractivity contribution in [3.63, 3.8) is 0 Å². The van der Waals surface area contributed by atoms with Gasteiger partial charge in [0.2, 0.25) is 0 Å². The summed E-state index contributed by atoms with van der Waals surface area (Å²) in [5.41, 5.74) is -0.121. The van der Waals surface area contributed by atoms with Crippen LogP contribution in [-0.4, -0.2) is 12.6 Å². The Morgan fingerprint density at radius 3 is 2.14 bits per heavy atom. The zero-order valence-corrected chi connectivity index (χ0v) is 8.16. The van der Waals surface area contributed by atoms with Crippen molar-refractivity contribution in [2.45, 2.75) is 25.7 Å². The van der Waals surface area contributed by atoms with Crippen molar-refractivity contribution in [2.24, 2.45) is 10.8 Å². The van der Waals surface area contributed by atoms with Crippen molar-refractivity contribution in [2.75, 3.05) is 6.61 Å². The van der Waals surface area contributed by atoms with E-state index >= 15 is 0 Å². The van der Waals surface area contributed by atoms with Crippen LogP contribution in [0.15, 0.2) is 24.3 Å². The van der Waals surface area contributed by atoms with Crippen molar-refractivity contribution in [3.05, 3.63) is 24.3 Å². The molecule has 0 spiro atoms. The molecule has 0 bridgehead atoms. The Morgan fingerprint density at radius 2 is 1.57 bits per heavy atom. The van der Waals surface area contributed by atoms with E-state index in [4.69, 9.17) is 4.74 Å². The van der Waals surface area contributed by atoms with Crippen LogP contribution in [0.1, 0.15) is 25.7 Å². The monoisotopic (exact) mass is 190 g/mol. The fraction of sp³-hybridized carbons (Fsp3) is 0.583. The minimum atomic E-state index is -0.212. The Labute approximate surface area is 83.6 Å². The number of carbonyl (C=O) groups is 1. The Morgan fingerprint density at radius 1 is 1.00 bits per heavy atom. The van der Waals surface area contributed by atoms with E-state index in [1.165, 1.54) is 0 Å². The summed E-state index contributed by atoms with van der Waals surface area (Å²) >= 11 is 0. The van der Waals surface area contributed by atoms with E-state index in [1.54, 1.807) is 0 Å². The second kappa shape index (κ2) is 2.50. The highest BCUT2D eigenvalue weighted by molar-refractivity contribution is 5.81. The van der Waals surface area contributed by atoms with Gasteiger partial charge in [-0.2, -0.15) is 0 Å². The highest BCUT2D eigenvalue weighted by Crippen LogP contribution is 2.59. The molecule has 1 aliphatic heterocycles. The maximum atomic E-state index is 11.9. The molecule has 0 N–H and O–H groups in total. The molecule has 0 radical (unpaired) electrons. The molecular weight excluding hydrogens is 176 g/mol. The van der Waals surface area contributed by atoms with E-state index in [-0.39, 0.29) is 16.8 Å². The second-order valence-corrected chi connectivity index (χ2v) is 4.70. The fourth-order valence-electron chi connectivity index (χ4n) is 3.16. The third kappa shape index (κ3) is 0.753. The van der Waals surface area contributed by atoms with Gasteiger partial charge in [-0.1, -0.05) is 24.3 Å². The molecule has 0 saturated carbocycles. The lowest BCUT2D eigenvalue weighted by atomic mass is 9.55. The average Bonchev–Trinajstić information content (AvgIpc) is 2.54. The molecule has 2 heteroatoms. The largest absolute Gasteiger partial charge is 0.465 e. The molecule has 2 nitrogen and oxygen atoms in total. The summed E-state index contributed by atoms with van der Waals surface area (Å²) in [6.07, 6.45) is 12.4. The summed E-state index contributed by atoms with van der Waals surface area (Å²) in [4.78, 5) is 11.9. The fourth-order valence-corrected chi connectivity index (χ4v) is 3.16. The summed E-state index contributed by atoms with van der Waals surface area (Å²) in [5, 5.41) is 0. The van der Waals surface area contributed by atoms with Gasteiger partial charge in [0.25, 0.3) is 0 Å². The van der Waals surface area contributed by atoms with Crippen molar-refractivity contribution in [1.82, 2.24) is 0 Å². The summed E-state index contributed by atoms with van der Waals surface area (Å²) in [6.45, 7) is 0.626. The molecule has 0 aromatic carbocycles. The molecule has 3 rings (SSSR count). The van der Waals surface area contributed by atoms with Crippen LogP contribution in [0.5, 0.6) is 0 Å². The van der Waals surface area contributed by atoms with E-state index in [1.807, 2.05) is 0 Å². The van der Waals surface area contributed by atoms with Crippen molar-refractivity contribution >= 4 is 5.97 Å². The number of esters is 1. The number of hydrogen-bond donors (Lipinski definition) is 0. The lowest BCUT2D eigenvalue weighted by Crippen LogP contribution is -2.45. The third-order valence-corrected chi connectivity index (χ3v) is 4.17. The van der Waals surface area contributed by atoms with Gasteiger partial charge in [0.15, 0.2) is 0 Å². The van der Waals surface area contributed by atoms with Gasteiger partial charge in [0.05, 0.1) is 12.0 Å². The molecule has 0 amide bonds. The molecule has 74 valence electrons. The van der Waals surface area contributed by atoms with Crippen LogP contribution in [0.25, 0.3) is 0 Å². The van der Waals surface area contributed by atoms with E-state index in [9.17, 15) is 4.79 Å². The minimum absolute atomic E-state index is 0.0335. The van der Waals surface area contributed by atoms with Crippen LogP contribution in [0.4, 0.5) is 0 Å². The van der Waals surface area contributed by atoms with Gasteiger partial charge >= 0.3 is 5.97 Å². The van der Waals surface area contributed by atoms with Gasteiger partial charge in [-0.3, -0.25) is 4.79 Å². The third-order valence-electron chi connectivity index (χ3n) is 4.17. The van der Waals surface area contributed by atoms with E-state index in [0.717, 1.165) is 25.7 Å². The smallest absolute Gasteiger partial charge is 0.313 e. The van der Waals surface area contributed by atoms with Gasteiger partial charge in [-0.15, -0.1) is 0 Å². The highest BCUT2D eigenvalue weighted by atomic mass is 16.5. The number of hydrogen-bond acceptors (Lipinski definition) is 2. The summed E-state index contributed by atoms with van der Waals surface area (Å²) < 4.78 is 5.31. The van der Waals surface area contributed by atoms with Crippen LogP contribution in [0.2, 0.25) is 0 Å². The predicted molar refractivity (Wildman–Crippen MR) is 52.6 cm³/mol. The van der Waals surface area contributed by atoms with Crippen LogP contribution in [-0.2, 0) is 9.53 Å². The van der Waals surface area contributed by atoms with E-state index in [2.05, 4.69) is 24.3 Å². The van der Waals surface area contributed by atoms with Gasteiger partial charge in [0.1, 0.15) is 0 Å². The number of ether oxygens (including phenoxy) is 1. The zero-order chi connectivity index (χ0) is 9.65. The molecule has 1 fully saturated rings. The standard InChI is InChI=1S/C12H14O2/c13-10-12-7-3-1-5-11(12,9-14-10)6-2-4-8-12/h1-4H,5-9H2. The van der Waals surface area contributed by atoms with Gasteiger partial charge in [0, 0.05) is 5.41 Å². The van der Waals surface area contributed by atoms with Crippen molar-refractivity contribution in [1.29, 1.82) is 0 Å². The Balaban J connectivity index is 2.14. The van der Waals surface area contributed by atoms with Gasteiger partial charge in [-0.25, -0.2) is 0 Å². The summed E-state index contributed by atoms with van der Waals surface area (Å²) in [7, 11) is 0. The second-order valence-electron chi connectivity index (χ2n) is 4.70. The van der Waals surface area contributed by atoms with Gasteiger partial charge in [-0.05, 0) is 25.7 Å². The maximum Gasteiger partial charge on any atom is 0.313 e. The molecule has 0 aromatic rings. The first-order chi connectivity index (χ1) is 6.79. The highest BCUT2D eigenvalue weighted by Gasteiger charge is 2.61. The topological polar surface area (TPSA) is 26.3 Å². The van der Waals surface area contributed by atoms with Crippen molar-refractivity contribution < 1.29 is 9.53 Å². The van der Waals surface area contributed by atoms with E-state index in [0.29, 0.717) is 6.61 Å². The molecule has 14 heavy (non-hydrogen) atoms. The normalized spacial score (nSPS) is 44.4.